The van der Waals surface area contributed by atoms with Crippen LogP contribution in [0.4, 0.5) is 0 Å². The summed E-state index contributed by atoms with van der Waals surface area (Å²) in [7, 11) is 0. The number of amides is 1. The molecular weight excluding hydrogens is 380 g/mol. The zero-order chi connectivity index (χ0) is 22.1. The van der Waals surface area contributed by atoms with E-state index < -0.39 is 0 Å². The van der Waals surface area contributed by atoms with Crippen molar-refractivity contribution in [1.82, 2.24) is 5.43 Å². The van der Waals surface area contributed by atoms with E-state index in [1.54, 1.807) is 0 Å². The van der Waals surface area contributed by atoms with Gasteiger partial charge in [-0.2, -0.15) is 5.10 Å². The molecule has 0 aromatic heterocycles. The van der Waals surface area contributed by atoms with E-state index in [1.807, 2.05) is 43.3 Å². The molecule has 3 nitrogen and oxygen atoms in total. The van der Waals surface area contributed by atoms with Crippen LogP contribution in [0.5, 0.6) is 0 Å². The quantitative estimate of drug-likeness (QED) is 0.417. The SMILES string of the molecule is C/C(=N/NC(=O)[C@H]1CC1(c1ccccc1)c1ccccc1)c1ccc(C(C)(C)C)cc1. The second-order valence-corrected chi connectivity index (χ2v) is 9.46. The zero-order valence-electron chi connectivity index (χ0n) is 18.7. The molecular formula is C28H30N2O. The van der Waals surface area contributed by atoms with Crippen molar-refractivity contribution >= 4 is 11.6 Å². The Bertz CT molecular complexity index is 1040. The topological polar surface area (TPSA) is 41.5 Å². The van der Waals surface area contributed by atoms with Gasteiger partial charge in [0.05, 0.1) is 11.6 Å². The molecule has 1 fully saturated rings. The summed E-state index contributed by atoms with van der Waals surface area (Å²) in [5, 5.41) is 4.42. The summed E-state index contributed by atoms with van der Waals surface area (Å²) in [6, 6.07) is 29.0. The lowest BCUT2D eigenvalue weighted by Crippen LogP contribution is -2.26. The number of carbonyl (C=O) groups is 1. The Labute approximate surface area is 185 Å². The summed E-state index contributed by atoms with van der Waals surface area (Å²) in [6.07, 6.45) is 0.793. The summed E-state index contributed by atoms with van der Waals surface area (Å²) in [5.74, 6) is -0.157. The van der Waals surface area contributed by atoms with Crippen molar-refractivity contribution in [3.8, 4) is 0 Å². The molecule has 0 unspecified atom stereocenters. The van der Waals surface area contributed by atoms with Crippen LogP contribution in [0, 0.1) is 5.92 Å². The number of hydrogen-bond acceptors (Lipinski definition) is 2. The monoisotopic (exact) mass is 410 g/mol. The minimum Gasteiger partial charge on any atom is -0.273 e. The summed E-state index contributed by atoms with van der Waals surface area (Å²) >= 11 is 0. The molecule has 1 aliphatic carbocycles. The molecule has 0 saturated heterocycles. The van der Waals surface area contributed by atoms with Gasteiger partial charge in [-0.05, 0) is 41.0 Å². The van der Waals surface area contributed by atoms with E-state index in [9.17, 15) is 4.79 Å². The van der Waals surface area contributed by atoms with E-state index in [4.69, 9.17) is 0 Å². The maximum absolute atomic E-state index is 13.1. The van der Waals surface area contributed by atoms with E-state index >= 15 is 0 Å². The van der Waals surface area contributed by atoms with Gasteiger partial charge in [0, 0.05) is 5.41 Å². The first-order valence-electron chi connectivity index (χ1n) is 10.9. The van der Waals surface area contributed by atoms with Crippen LogP contribution in [-0.4, -0.2) is 11.6 Å². The molecule has 1 amide bonds. The molecule has 0 bridgehead atoms. The van der Waals surface area contributed by atoms with Crippen molar-refractivity contribution < 1.29 is 4.79 Å². The Kier molecular flexibility index (Phi) is 5.53. The van der Waals surface area contributed by atoms with Crippen molar-refractivity contribution in [2.75, 3.05) is 0 Å². The van der Waals surface area contributed by atoms with Gasteiger partial charge in [0.15, 0.2) is 0 Å². The van der Waals surface area contributed by atoms with Crippen LogP contribution >= 0.6 is 0 Å². The second kappa shape index (κ2) is 8.14. The van der Waals surface area contributed by atoms with E-state index in [0.717, 1.165) is 17.7 Å². The highest BCUT2D eigenvalue weighted by atomic mass is 16.2. The Morgan fingerprint density at radius 3 is 1.87 bits per heavy atom. The Morgan fingerprint density at radius 2 is 1.39 bits per heavy atom. The molecule has 3 aromatic carbocycles. The molecule has 0 spiro atoms. The maximum atomic E-state index is 13.1. The molecule has 1 atom stereocenters. The van der Waals surface area contributed by atoms with Gasteiger partial charge >= 0.3 is 0 Å². The largest absolute Gasteiger partial charge is 0.273 e. The highest BCUT2D eigenvalue weighted by Crippen LogP contribution is 2.58. The van der Waals surface area contributed by atoms with E-state index in [-0.39, 0.29) is 22.7 Å². The highest BCUT2D eigenvalue weighted by Gasteiger charge is 2.60. The predicted octanol–water partition coefficient (Wildman–Crippen LogP) is 5.83. The third-order valence-corrected chi connectivity index (χ3v) is 6.36. The normalized spacial score (nSPS) is 17.8. The first kappa shape index (κ1) is 21.0. The van der Waals surface area contributed by atoms with Crippen LogP contribution < -0.4 is 5.43 Å². The van der Waals surface area contributed by atoms with Crippen molar-refractivity contribution in [1.29, 1.82) is 0 Å². The predicted molar refractivity (Wildman–Crippen MR) is 127 cm³/mol. The molecule has 0 radical (unpaired) electrons. The van der Waals surface area contributed by atoms with Gasteiger partial charge < -0.3 is 0 Å². The Hall–Kier alpha value is -3.20. The molecule has 1 N–H and O–H groups in total. The lowest BCUT2D eigenvalue weighted by Gasteiger charge is -2.19. The van der Waals surface area contributed by atoms with Crippen molar-refractivity contribution in [3.63, 3.8) is 0 Å². The number of nitrogens with one attached hydrogen (secondary N) is 1. The fourth-order valence-corrected chi connectivity index (χ4v) is 4.35. The molecule has 4 rings (SSSR count). The summed E-state index contributed by atoms with van der Waals surface area (Å²) in [4.78, 5) is 13.1. The first-order chi connectivity index (χ1) is 14.8. The fraction of sp³-hybridized carbons (Fsp3) is 0.286. The summed E-state index contributed by atoms with van der Waals surface area (Å²) < 4.78 is 0. The summed E-state index contributed by atoms with van der Waals surface area (Å²) in [6.45, 7) is 8.53. The third kappa shape index (κ3) is 4.18. The van der Waals surface area contributed by atoms with Crippen LogP contribution in [0.25, 0.3) is 0 Å². The van der Waals surface area contributed by atoms with Gasteiger partial charge in [0.1, 0.15) is 0 Å². The number of rotatable bonds is 5. The number of hydrazone groups is 1. The minimum atomic E-state index is -0.273. The summed E-state index contributed by atoms with van der Waals surface area (Å²) in [5.41, 5.74) is 8.13. The molecule has 158 valence electrons. The number of benzene rings is 3. The average molecular weight is 411 g/mol. The van der Waals surface area contributed by atoms with Gasteiger partial charge in [-0.25, -0.2) is 5.43 Å². The molecule has 31 heavy (non-hydrogen) atoms. The number of hydrogen-bond donors (Lipinski definition) is 1. The third-order valence-electron chi connectivity index (χ3n) is 6.36. The van der Waals surface area contributed by atoms with Gasteiger partial charge in [-0.3, -0.25) is 4.79 Å². The molecule has 0 aliphatic heterocycles. The standard InChI is InChI=1S/C28H30N2O/c1-20(21-15-17-22(18-16-21)27(2,3)4)29-30-26(31)25-19-28(25,23-11-7-5-8-12-23)24-13-9-6-10-14-24/h5-18,25H,19H2,1-4H3,(H,30,31)/b29-20-/t25-/m1/s1. The van der Waals surface area contributed by atoms with E-state index in [2.05, 4.69) is 79.8 Å². The van der Waals surface area contributed by atoms with Gasteiger partial charge in [-0.15, -0.1) is 0 Å². The average Bonchev–Trinajstić information content (AvgIpc) is 3.55. The maximum Gasteiger partial charge on any atom is 0.244 e. The lowest BCUT2D eigenvalue weighted by atomic mass is 9.85. The van der Waals surface area contributed by atoms with Crippen LogP contribution in [0.1, 0.15) is 56.4 Å². The molecule has 0 heterocycles. The van der Waals surface area contributed by atoms with Gasteiger partial charge in [0.25, 0.3) is 0 Å². The second-order valence-electron chi connectivity index (χ2n) is 9.46. The van der Waals surface area contributed by atoms with Gasteiger partial charge in [-0.1, -0.05) is 106 Å². The molecule has 1 aliphatic rings. The number of carbonyl (C=O) groups excluding carboxylic acids is 1. The molecule has 3 aromatic rings. The van der Waals surface area contributed by atoms with Crippen LogP contribution in [-0.2, 0) is 15.6 Å². The van der Waals surface area contributed by atoms with E-state index in [1.165, 1.54) is 16.7 Å². The van der Waals surface area contributed by atoms with Crippen LogP contribution in [0.15, 0.2) is 90.0 Å². The fourth-order valence-electron chi connectivity index (χ4n) is 4.35. The van der Waals surface area contributed by atoms with E-state index in [0.29, 0.717) is 0 Å². The first-order valence-corrected chi connectivity index (χ1v) is 10.9. The van der Waals surface area contributed by atoms with Crippen LogP contribution in [0.2, 0.25) is 0 Å². The zero-order valence-corrected chi connectivity index (χ0v) is 18.7. The minimum absolute atomic E-state index is 0.0293. The Balaban J connectivity index is 1.52. The number of nitrogens with zero attached hydrogens (tertiary/aromatic N) is 1. The van der Waals surface area contributed by atoms with Crippen molar-refractivity contribution in [2.24, 2.45) is 11.0 Å². The lowest BCUT2D eigenvalue weighted by molar-refractivity contribution is -0.122. The molecule has 3 heteroatoms. The van der Waals surface area contributed by atoms with Crippen LogP contribution in [0.3, 0.4) is 0 Å². The smallest absolute Gasteiger partial charge is 0.244 e. The molecule has 1 saturated carbocycles. The van der Waals surface area contributed by atoms with Crippen molar-refractivity contribution in [3.05, 3.63) is 107 Å². The highest BCUT2D eigenvalue weighted by molar-refractivity contribution is 5.99. The Morgan fingerprint density at radius 1 is 0.871 bits per heavy atom. The van der Waals surface area contributed by atoms with Crippen molar-refractivity contribution in [2.45, 2.75) is 44.9 Å². The van der Waals surface area contributed by atoms with Gasteiger partial charge in [0.2, 0.25) is 5.91 Å².